The molecule has 2 aromatic heterocycles. The molecule has 3 aromatic rings. The van der Waals surface area contributed by atoms with E-state index < -0.39 is 29.1 Å². The summed E-state index contributed by atoms with van der Waals surface area (Å²) < 4.78 is 78.7. The number of nitrogens with one attached hydrogen (secondary N) is 1. The van der Waals surface area contributed by atoms with E-state index in [1.165, 1.54) is 30.6 Å². The molecule has 0 bridgehead atoms. The van der Waals surface area contributed by atoms with Crippen LogP contribution in [0.2, 0.25) is 0 Å². The Bertz CT molecular complexity index is 903. The van der Waals surface area contributed by atoms with E-state index in [9.17, 15) is 26.3 Å². The van der Waals surface area contributed by atoms with Crippen molar-refractivity contribution in [2.45, 2.75) is 12.4 Å². The van der Waals surface area contributed by atoms with E-state index in [0.717, 1.165) is 6.07 Å². The Labute approximate surface area is 137 Å². The number of pyridine rings is 2. The van der Waals surface area contributed by atoms with Crippen LogP contribution in [0.4, 0.5) is 37.7 Å². The number of hydrogen-bond donors (Lipinski definition) is 1. The molecule has 0 aliphatic heterocycles. The molecule has 9 heteroatoms. The highest BCUT2D eigenvalue weighted by Crippen LogP contribution is 2.39. The lowest BCUT2D eigenvalue weighted by Gasteiger charge is -2.16. The maximum absolute atomic E-state index is 13.2. The molecule has 1 aromatic carbocycles. The SMILES string of the molecule is FC(F)(F)c1cc(Nc2ccncc2)c2cccc(C(F)(F)F)c2n1. The quantitative estimate of drug-likeness (QED) is 0.623. The van der Waals surface area contributed by atoms with Gasteiger partial charge in [-0.25, -0.2) is 4.98 Å². The van der Waals surface area contributed by atoms with Gasteiger partial charge in [-0.2, -0.15) is 26.3 Å². The van der Waals surface area contributed by atoms with E-state index in [4.69, 9.17) is 0 Å². The highest BCUT2D eigenvalue weighted by molar-refractivity contribution is 5.95. The first-order valence-electron chi connectivity index (χ1n) is 6.91. The van der Waals surface area contributed by atoms with Gasteiger partial charge in [-0.1, -0.05) is 12.1 Å². The minimum absolute atomic E-state index is 0.0698. The molecular formula is C16H9F6N3. The van der Waals surface area contributed by atoms with Gasteiger partial charge in [0.25, 0.3) is 0 Å². The molecule has 0 radical (unpaired) electrons. The monoisotopic (exact) mass is 357 g/mol. The molecule has 130 valence electrons. The molecule has 1 N–H and O–H groups in total. The molecule has 0 saturated heterocycles. The number of fused-ring (bicyclic) bond motifs is 1. The van der Waals surface area contributed by atoms with Crippen molar-refractivity contribution in [1.29, 1.82) is 0 Å². The average molecular weight is 357 g/mol. The lowest BCUT2D eigenvalue weighted by atomic mass is 10.1. The summed E-state index contributed by atoms with van der Waals surface area (Å²) in [5.41, 5.74) is -3.15. The van der Waals surface area contributed by atoms with Crippen molar-refractivity contribution in [1.82, 2.24) is 9.97 Å². The predicted molar refractivity (Wildman–Crippen MR) is 79.3 cm³/mol. The van der Waals surface area contributed by atoms with E-state index in [0.29, 0.717) is 17.8 Å². The van der Waals surface area contributed by atoms with Gasteiger partial charge in [0.15, 0.2) is 0 Å². The number of alkyl halides is 6. The van der Waals surface area contributed by atoms with Gasteiger partial charge >= 0.3 is 12.4 Å². The molecule has 0 aliphatic rings. The number of rotatable bonds is 2. The van der Waals surface area contributed by atoms with Crippen LogP contribution in [0.1, 0.15) is 11.3 Å². The van der Waals surface area contributed by atoms with Gasteiger partial charge in [0.05, 0.1) is 16.8 Å². The molecule has 0 aliphatic carbocycles. The molecule has 3 rings (SSSR count). The van der Waals surface area contributed by atoms with Gasteiger partial charge in [0.2, 0.25) is 0 Å². The third kappa shape index (κ3) is 3.49. The molecule has 2 heterocycles. The van der Waals surface area contributed by atoms with E-state index >= 15 is 0 Å². The van der Waals surface area contributed by atoms with Gasteiger partial charge in [0.1, 0.15) is 5.69 Å². The Morgan fingerprint density at radius 2 is 1.52 bits per heavy atom. The van der Waals surface area contributed by atoms with E-state index in [1.54, 1.807) is 0 Å². The van der Waals surface area contributed by atoms with Gasteiger partial charge in [-0.05, 0) is 24.3 Å². The second-order valence-corrected chi connectivity index (χ2v) is 5.11. The van der Waals surface area contributed by atoms with Crippen LogP contribution in [0.3, 0.4) is 0 Å². The summed E-state index contributed by atoms with van der Waals surface area (Å²) >= 11 is 0. The third-order valence-corrected chi connectivity index (χ3v) is 3.39. The number of nitrogens with zero attached hydrogens (tertiary/aromatic N) is 2. The fraction of sp³-hybridized carbons (Fsp3) is 0.125. The van der Waals surface area contributed by atoms with Gasteiger partial charge in [0, 0.05) is 23.5 Å². The van der Waals surface area contributed by atoms with Crippen LogP contribution < -0.4 is 5.32 Å². The zero-order valence-corrected chi connectivity index (χ0v) is 12.3. The van der Waals surface area contributed by atoms with E-state index in [-0.39, 0.29) is 11.1 Å². The first-order chi connectivity index (χ1) is 11.7. The molecule has 0 atom stereocenters. The Morgan fingerprint density at radius 1 is 0.840 bits per heavy atom. The largest absolute Gasteiger partial charge is 0.433 e. The lowest BCUT2D eigenvalue weighted by molar-refractivity contribution is -0.142. The zero-order valence-electron chi connectivity index (χ0n) is 12.3. The Kier molecular flexibility index (Phi) is 4.02. The lowest BCUT2D eigenvalue weighted by Crippen LogP contribution is -2.12. The minimum Gasteiger partial charge on any atom is -0.355 e. The molecule has 25 heavy (non-hydrogen) atoms. The van der Waals surface area contributed by atoms with Crippen molar-refractivity contribution >= 4 is 22.3 Å². The van der Waals surface area contributed by atoms with E-state index in [2.05, 4.69) is 15.3 Å². The summed E-state index contributed by atoms with van der Waals surface area (Å²) in [6.07, 6.45) is -6.92. The van der Waals surface area contributed by atoms with Crippen LogP contribution in [-0.4, -0.2) is 9.97 Å². The smallest absolute Gasteiger partial charge is 0.355 e. The van der Waals surface area contributed by atoms with Crippen LogP contribution in [-0.2, 0) is 12.4 Å². The van der Waals surface area contributed by atoms with Crippen molar-refractivity contribution in [3.63, 3.8) is 0 Å². The first kappa shape index (κ1) is 17.0. The van der Waals surface area contributed by atoms with Crippen LogP contribution in [0.5, 0.6) is 0 Å². The number of hydrogen-bond acceptors (Lipinski definition) is 3. The molecule has 0 spiro atoms. The summed E-state index contributed by atoms with van der Waals surface area (Å²) in [4.78, 5) is 6.99. The first-order valence-corrected chi connectivity index (χ1v) is 6.91. The molecule has 3 nitrogen and oxygen atoms in total. The van der Waals surface area contributed by atoms with Gasteiger partial charge < -0.3 is 5.32 Å². The average Bonchev–Trinajstić information content (AvgIpc) is 2.53. The Balaban J connectivity index is 2.27. The topological polar surface area (TPSA) is 37.8 Å². The maximum atomic E-state index is 13.2. The molecule has 0 amide bonds. The Morgan fingerprint density at radius 3 is 2.12 bits per heavy atom. The molecular weight excluding hydrogens is 348 g/mol. The summed E-state index contributed by atoms with van der Waals surface area (Å²) in [6.45, 7) is 0. The fourth-order valence-electron chi connectivity index (χ4n) is 2.32. The summed E-state index contributed by atoms with van der Waals surface area (Å²) in [7, 11) is 0. The number of para-hydroxylation sites is 1. The second kappa shape index (κ2) is 5.91. The van der Waals surface area contributed by atoms with Crippen LogP contribution >= 0.6 is 0 Å². The van der Waals surface area contributed by atoms with Crippen molar-refractivity contribution in [2.75, 3.05) is 5.32 Å². The van der Waals surface area contributed by atoms with Crippen LogP contribution in [0, 0.1) is 0 Å². The predicted octanol–water partition coefficient (Wildman–Crippen LogP) is 5.41. The van der Waals surface area contributed by atoms with Crippen molar-refractivity contribution in [3.8, 4) is 0 Å². The summed E-state index contributed by atoms with van der Waals surface area (Å²) in [5.74, 6) is 0. The number of anilines is 2. The summed E-state index contributed by atoms with van der Waals surface area (Å²) in [6, 6.07) is 6.74. The Hall–Kier alpha value is -2.84. The van der Waals surface area contributed by atoms with E-state index in [1.807, 2.05) is 0 Å². The molecule has 0 saturated carbocycles. The standard InChI is InChI=1S/C16H9F6N3/c17-15(18,19)11-3-1-2-10-12(24-9-4-6-23-7-5-9)8-13(16(20,21)22)25-14(10)11/h1-8H,(H,23,24,25). The third-order valence-electron chi connectivity index (χ3n) is 3.39. The fourth-order valence-corrected chi connectivity index (χ4v) is 2.32. The number of halogens is 6. The second-order valence-electron chi connectivity index (χ2n) is 5.11. The van der Waals surface area contributed by atoms with Crippen molar-refractivity contribution < 1.29 is 26.3 Å². The van der Waals surface area contributed by atoms with Crippen LogP contribution in [0.25, 0.3) is 10.9 Å². The highest BCUT2D eigenvalue weighted by atomic mass is 19.4. The van der Waals surface area contributed by atoms with Crippen molar-refractivity contribution in [2.24, 2.45) is 0 Å². The maximum Gasteiger partial charge on any atom is 0.433 e. The number of aromatic nitrogens is 2. The highest BCUT2D eigenvalue weighted by Gasteiger charge is 2.37. The molecule has 0 fully saturated rings. The van der Waals surface area contributed by atoms with Crippen molar-refractivity contribution in [3.05, 3.63) is 60.0 Å². The summed E-state index contributed by atoms with van der Waals surface area (Å²) in [5, 5.41) is 2.62. The molecule has 0 unspecified atom stereocenters. The zero-order chi connectivity index (χ0) is 18.2. The normalized spacial score (nSPS) is 12.4. The van der Waals surface area contributed by atoms with Crippen LogP contribution in [0.15, 0.2) is 48.8 Å². The minimum atomic E-state index is -4.89. The number of benzene rings is 1. The van der Waals surface area contributed by atoms with Gasteiger partial charge in [-0.15, -0.1) is 0 Å². The van der Waals surface area contributed by atoms with Gasteiger partial charge in [-0.3, -0.25) is 4.98 Å².